The van der Waals surface area contributed by atoms with Crippen LogP contribution in [0.2, 0.25) is 4.34 Å². The molecule has 0 spiro atoms. The van der Waals surface area contributed by atoms with E-state index in [-0.39, 0.29) is 30.6 Å². The van der Waals surface area contributed by atoms with Crippen LogP contribution in [0.25, 0.3) is 0 Å². The molecule has 1 aromatic heterocycles. The summed E-state index contributed by atoms with van der Waals surface area (Å²) in [4.78, 5) is 26.8. The zero-order valence-corrected chi connectivity index (χ0v) is 14.7. The summed E-state index contributed by atoms with van der Waals surface area (Å²) in [5.74, 6) is -0.0396. The molecule has 0 radical (unpaired) electrons. The first kappa shape index (κ1) is 17.4. The molecule has 1 N–H and O–H groups in total. The van der Waals surface area contributed by atoms with E-state index in [4.69, 9.17) is 11.6 Å². The number of carbonyl (C=O) groups excluding carboxylic acids is 2. The molecule has 122 valence electrons. The zero-order chi connectivity index (χ0) is 16.1. The van der Waals surface area contributed by atoms with Gasteiger partial charge in [0.2, 0.25) is 5.91 Å². The van der Waals surface area contributed by atoms with Gasteiger partial charge >= 0.3 is 0 Å². The second kappa shape index (κ2) is 8.09. The van der Waals surface area contributed by atoms with Crippen LogP contribution in [0.4, 0.5) is 0 Å². The van der Waals surface area contributed by atoms with Crippen LogP contribution in [0, 0.1) is 0 Å². The monoisotopic (exact) mass is 342 g/mol. The number of ketones is 1. The number of nitrogens with zero attached hydrogens (tertiary/aromatic N) is 1. The summed E-state index contributed by atoms with van der Waals surface area (Å²) in [5, 5.41) is 3.08. The Kier molecular flexibility index (Phi) is 6.41. The molecule has 4 nitrogen and oxygen atoms in total. The maximum Gasteiger partial charge on any atom is 0.220 e. The van der Waals surface area contributed by atoms with Gasteiger partial charge < -0.3 is 10.2 Å². The molecule has 22 heavy (non-hydrogen) atoms. The predicted octanol–water partition coefficient (Wildman–Crippen LogP) is 3.35. The first-order valence-electron chi connectivity index (χ1n) is 7.70. The van der Waals surface area contributed by atoms with Gasteiger partial charge in [-0.1, -0.05) is 11.6 Å². The van der Waals surface area contributed by atoms with E-state index in [0.29, 0.717) is 15.3 Å². The van der Waals surface area contributed by atoms with E-state index >= 15 is 0 Å². The van der Waals surface area contributed by atoms with Crippen molar-refractivity contribution >= 4 is 34.6 Å². The van der Waals surface area contributed by atoms with Crippen LogP contribution in [-0.2, 0) is 4.79 Å². The van der Waals surface area contributed by atoms with Crippen LogP contribution in [0.1, 0.15) is 48.2 Å². The first-order valence-corrected chi connectivity index (χ1v) is 8.89. The van der Waals surface area contributed by atoms with E-state index < -0.39 is 0 Å². The van der Waals surface area contributed by atoms with Gasteiger partial charge in [0.05, 0.1) is 9.21 Å². The lowest BCUT2D eigenvalue weighted by Gasteiger charge is -2.33. The van der Waals surface area contributed by atoms with Crippen molar-refractivity contribution in [2.45, 2.75) is 50.6 Å². The van der Waals surface area contributed by atoms with Crippen LogP contribution in [0.5, 0.6) is 0 Å². The molecule has 2 atom stereocenters. The number of rotatable bonds is 6. The quantitative estimate of drug-likeness (QED) is 0.806. The fourth-order valence-corrected chi connectivity index (χ4v) is 3.89. The number of Topliss-reactive ketones (excluding diaryl/α,β-unsaturated/α-hetero) is 1. The third kappa shape index (κ3) is 5.07. The van der Waals surface area contributed by atoms with E-state index in [1.54, 1.807) is 12.1 Å². The van der Waals surface area contributed by atoms with Crippen molar-refractivity contribution in [2.24, 2.45) is 0 Å². The molecule has 6 heteroatoms. The molecule has 1 saturated carbocycles. The number of nitrogens with one attached hydrogen (secondary N) is 1. The molecule has 0 unspecified atom stereocenters. The van der Waals surface area contributed by atoms with Gasteiger partial charge in [-0.05, 0) is 51.9 Å². The first-order chi connectivity index (χ1) is 10.5. The van der Waals surface area contributed by atoms with Gasteiger partial charge in [0.25, 0.3) is 0 Å². The van der Waals surface area contributed by atoms with Gasteiger partial charge in [0.1, 0.15) is 0 Å². The van der Waals surface area contributed by atoms with Gasteiger partial charge in [0.15, 0.2) is 5.78 Å². The molecule has 2 rings (SSSR count). The standard InChI is InChI=1S/C16H23ClN2O2S/c1-19(2)12-5-3-4-11(10-12)18-16(21)9-6-13(20)14-7-8-15(17)22-14/h7-8,11-12H,3-6,9-10H2,1-2H3,(H,18,21)/t11-,12-/m1/s1. The van der Waals surface area contributed by atoms with Crippen molar-refractivity contribution < 1.29 is 9.59 Å². The summed E-state index contributed by atoms with van der Waals surface area (Å²) < 4.78 is 0.602. The van der Waals surface area contributed by atoms with E-state index in [9.17, 15) is 9.59 Å². The molecule has 1 amide bonds. The third-order valence-electron chi connectivity index (χ3n) is 4.17. The van der Waals surface area contributed by atoms with Crippen molar-refractivity contribution in [3.8, 4) is 0 Å². The maximum absolute atomic E-state index is 12.0. The highest BCUT2D eigenvalue weighted by Gasteiger charge is 2.24. The predicted molar refractivity (Wildman–Crippen MR) is 90.8 cm³/mol. The minimum absolute atomic E-state index is 0.0122. The normalized spacial score (nSPS) is 21.8. The van der Waals surface area contributed by atoms with Gasteiger partial charge in [-0.2, -0.15) is 0 Å². The van der Waals surface area contributed by atoms with Gasteiger partial charge in [-0.25, -0.2) is 0 Å². The highest BCUT2D eigenvalue weighted by Crippen LogP contribution is 2.23. The van der Waals surface area contributed by atoms with Gasteiger partial charge in [-0.15, -0.1) is 11.3 Å². The van der Waals surface area contributed by atoms with Crippen LogP contribution in [-0.4, -0.2) is 42.8 Å². The topological polar surface area (TPSA) is 49.4 Å². The van der Waals surface area contributed by atoms with Crippen LogP contribution in [0.15, 0.2) is 12.1 Å². The molecule has 1 aliphatic carbocycles. The summed E-state index contributed by atoms with van der Waals surface area (Å²) in [6, 6.07) is 4.20. The number of amides is 1. The largest absolute Gasteiger partial charge is 0.353 e. The molecular formula is C16H23ClN2O2S. The zero-order valence-electron chi connectivity index (χ0n) is 13.1. The third-order valence-corrected chi connectivity index (χ3v) is 5.44. The SMILES string of the molecule is CN(C)[C@@H]1CCC[C@@H](NC(=O)CCC(=O)c2ccc(Cl)s2)C1. The van der Waals surface area contributed by atoms with Crippen LogP contribution >= 0.6 is 22.9 Å². The molecule has 1 aliphatic rings. The fourth-order valence-electron chi connectivity index (χ4n) is 2.88. The molecule has 0 bridgehead atoms. The second-order valence-electron chi connectivity index (χ2n) is 6.08. The Balaban J connectivity index is 1.74. The lowest BCUT2D eigenvalue weighted by molar-refractivity contribution is -0.122. The Bertz CT molecular complexity index is 530. The van der Waals surface area contributed by atoms with Crippen molar-refractivity contribution in [3.05, 3.63) is 21.3 Å². The average Bonchev–Trinajstić information content (AvgIpc) is 2.91. The average molecular weight is 343 g/mol. The minimum Gasteiger partial charge on any atom is -0.353 e. The summed E-state index contributed by atoms with van der Waals surface area (Å²) in [6.07, 6.45) is 4.85. The Hall–Kier alpha value is -0.910. The Morgan fingerprint density at radius 1 is 1.32 bits per heavy atom. The summed E-state index contributed by atoms with van der Waals surface area (Å²) >= 11 is 7.08. The lowest BCUT2D eigenvalue weighted by atomic mass is 9.90. The summed E-state index contributed by atoms with van der Waals surface area (Å²) in [5.41, 5.74) is 0. The molecular weight excluding hydrogens is 320 g/mol. The minimum atomic E-state index is -0.0274. The maximum atomic E-state index is 12.0. The van der Waals surface area contributed by atoms with Crippen molar-refractivity contribution in [1.82, 2.24) is 10.2 Å². The van der Waals surface area contributed by atoms with E-state index in [1.807, 2.05) is 0 Å². The molecule has 0 aliphatic heterocycles. The highest BCUT2D eigenvalue weighted by atomic mass is 35.5. The lowest BCUT2D eigenvalue weighted by Crippen LogP contribution is -2.43. The van der Waals surface area contributed by atoms with Gasteiger partial charge in [-0.3, -0.25) is 9.59 Å². The molecule has 0 aromatic carbocycles. The van der Waals surface area contributed by atoms with Crippen LogP contribution < -0.4 is 5.32 Å². The number of thiophene rings is 1. The second-order valence-corrected chi connectivity index (χ2v) is 7.79. The molecule has 1 heterocycles. The van der Waals surface area contributed by atoms with Gasteiger partial charge in [0, 0.05) is 24.9 Å². The fraction of sp³-hybridized carbons (Fsp3) is 0.625. The Labute approximate surface area is 140 Å². The summed E-state index contributed by atoms with van der Waals surface area (Å²) in [7, 11) is 4.17. The van der Waals surface area contributed by atoms with Crippen molar-refractivity contribution in [1.29, 1.82) is 0 Å². The Morgan fingerprint density at radius 2 is 2.09 bits per heavy atom. The molecule has 0 saturated heterocycles. The Morgan fingerprint density at radius 3 is 2.73 bits per heavy atom. The molecule has 1 aromatic rings. The number of carbonyl (C=O) groups is 2. The van der Waals surface area contributed by atoms with E-state index in [1.165, 1.54) is 17.8 Å². The number of hydrogen-bond acceptors (Lipinski definition) is 4. The van der Waals surface area contributed by atoms with Crippen molar-refractivity contribution in [2.75, 3.05) is 14.1 Å². The summed E-state index contributed by atoms with van der Waals surface area (Å²) in [6.45, 7) is 0. The van der Waals surface area contributed by atoms with Crippen molar-refractivity contribution in [3.63, 3.8) is 0 Å². The van der Waals surface area contributed by atoms with E-state index in [0.717, 1.165) is 19.3 Å². The number of hydrogen-bond donors (Lipinski definition) is 1. The molecule has 1 fully saturated rings. The highest BCUT2D eigenvalue weighted by molar-refractivity contribution is 7.18. The smallest absolute Gasteiger partial charge is 0.220 e. The van der Waals surface area contributed by atoms with E-state index in [2.05, 4.69) is 24.3 Å². The number of halogens is 1. The van der Waals surface area contributed by atoms with Crippen LogP contribution in [0.3, 0.4) is 0 Å².